The summed E-state index contributed by atoms with van der Waals surface area (Å²) in [6.45, 7) is 4.42. The van der Waals surface area contributed by atoms with E-state index >= 15 is 0 Å². The van der Waals surface area contributed by atoms with Crippen LogP contribution in [-0.2, 0) is 14.6 Å². The van der Waals surface area contributed by atoms with E-state index in [1.54, 1.807) is 13.8 Å². The molecule has 0 aromatic heterocycles. The summed E-state index contributed by atoms with van der Waals surface area (Å²) in [5, 5.41) is -0.517. The zero-order valence-corrected chi connectivity index (χ0v) is 7.73. The molecule has 0 N–H and O–H groups in total. The lowest BCUT2D eigenvalue weighted by Crippen LogP contribution is -2.28. The van der Waals surface area contributed by atoms with Crippen molar-refractivity contribution in [1.29, 1.82) is 0 Å². The standard InChI is InChI=1S/C7H14O3S/c1-6(2)11(8,9)7-3-4-10-5-7/h6-7H,3-5H2,1-2H3. The van der Waals surface area contributed by atoms with Crippen LogP contribution in [-0.4, -0.2) is 32.1 Å². The Kier molecular flexibility index (Phi) is 2.54. The topological polar surface area (TPSA) is 43.4 Å². The maximum Gasteiger partial charge on any atom is 0.157 e. The molecule has 1 rings (SSSR count). The van der Waals surface area contributed by atoms with E-state index in [-0.39, 0.29) is 10.5 Å². The van der Waals surface area contributed by atoms with E-state index in [1.807, 2.05) is 0 Å². The number of ether oxygens (including phenoxy) is 1. The summed E-state index contributed by atoms with van der Waals surface area (Å²) < 4.78 is 27.9. The fourth-order valence-corrected chi connectivity index (χ4v) is 2.64. The van der Waals surface area contributed by atoms with Gasteiger partial charge in [-0.2, -0.15) is 0 Å². The van der Waals surface area contributed by atoms with Crippen LogP contribution >= 0.6 is 0 Å². The summed E-state index contributed by atoms with van der Waals surface area (Å²) in [6, 6.07) is 0. The molecule has 1 heterocycles. The van der Waals surface area contributed by atoms with Gasteiger partial charge in [0.15, 0.2) is 9.84 Å². The molecule has 0 saturated carbocycles. The van der Waals surface area contributed by atoms with Crippen LogP contribution in [0.15, 0.2) is 0 Å². The van der Waals surface area contributed by atoms with Gasteiger partial charge in [-0.25, -0.2) is 8.42 Å². The van der Waals surface area contributed by atoms with Crippen LogP contribution in [0.2, 0.25) is 0 Å². The van der Waals surface area contributed by atoms with Gasteiger partial charge < -0.3 is 4.74 Å². The Labute approximate surface area is 67.7 Å². The van der Waals surface area contributed by atoms with Gasteiger partial charge >= 0.3 is 0 Å². The largest absolute Gasteiger partial charge is 0.380 e. The first kappa shape index (κ1) is 9.00. The Bertz CT molecular complexity index is 212. The Hall–Kier alpha value is -0.0900. The lowest BCUT2D eigenvalue weighted by molar-refractivity contribution is 0.198. The highest BCUT2D eigenvalue weighted by Gasteiger charge is 2.31. The summed E-state index contributed by atoms with van der Waals surface area (Å²) in [7, 11) is -2.90. The summed E-state index contributed by atoms with van der Waals surface area (Å²) >= 11 is 0. The van der Waals surface area contributed by atoms with Crippen molar-refractivity contribution < 1.29 is 13.2 Å². The van der Waals surface area contributed by atoms with Gasteiger partial charge in [0.25, 0.3) is 0 Å². The van der Waals surface area contributed by atoms with E-state index < -0.39 is 9.84 Å². The Morgan fingerprint density at radius 2 is 2.09 bits per heavy atom. The Morgan fingerprint density at radius 3 is 2.45 bits per heavy atom. The van der Waals surface area contributed by atoms with E-state index in [4.69, 9.17) is 4.74 Å². The van der Waals surface area contributed by atoms with Crippen molar-refractivity contribution in [2.75, 3.05) is 13.2 Å². The normalized spacial score (nSPS) is 26.3. The van der Waals surface area contributed by atoms with Crippen molar-refractivity contribution in [2.24, 2.45) is 0 Å². The average Bonchev–Trinajstić information content (AvgIpc) is 2.37. The molecule has 66 valence electrons. The summed E-state index contributed by atoms with van der Waals surface area (Å²) in [5.41, 5.74) is 0. The molecule has 0 aliphatic carbocycles. The van der Waals surface area contributed by atoms with Gasteiger partial charge in [-0.05, 0) is 20.3 Å². The maximum absolute atomic E-state index is 11.5. The monoisotopic (exact) mass is 178 g/mol. The van der Waals surface area contributed by atoms with Crippen molar-refractivity contribution in [3.05, 3.63) is 0 Å². The van der Waals surface area contributed by atoms with Gasteiger partial charge in [-0.3, -0.25) is 0 Å². The molecule has 1 atom stereocenters. The third kappa shape index (κ3) is 1.73. The molecule has 1 unspecified atom stereocenters. The van der Waals surface area contributed by atoms with Gasteiger partial charge in [0.05, 0.1) is 17.1 Å². The molecule has 0 aromatic rings. The SMILES string of the molecule is CC(C)S(=O)(=O)C1CCOC1. The summed E-state index contributed by atoms with van der Waals surface area (Å²) in [6.07, 6.45) is 0.667. The van der Waals surface area contributed by atoms with Gasteiger partial charge in [0, 0.05) is 6.61 Å². The molecule has 0 radical (unpaired) electrons. The van der Waals surface area contributed by atoms with Crippen molar-refractivity contribution in [3.63, 3.8) is 0 Å². The zero-order valence-electron chi connectivity index (χ0n) is 6.91. The minimum Gasteiger partial charge on any atom is -0.380 e. The highest BCUT2D eigenvalue weighted by Crippen LogP contribution is 2.17. The maximum atomic E-state index is 11.5. The third-order valence-corrected chi connectivity index (χ3v) is 4.62. The third-order valence-electron chi connectivity index (χ3n) is 2.01. The van der Waals surface area contributed by atoms with Crippen LogP contribution in [0.25, 0.3) is 0 Å². The molecule has 1 fully saturated rings. The number of sulfone groups is 1. The second-order valence-corrected chi connectivity index (χ2v) is 5.91. The number of rotatable bonds is 2. The van der Waals surface area contributed by atoms with E-state index in [0.29, 0.717) is 19.6 Å². The minimum absolute atomic E-state index is 0.248. The Balaban J connectivity index is 2.72. The molecule has 11 heavy (non-hydrogen) atoms. The van der Waals surface area contributed by atoms with Crippen molar-refractivity contribution in [2.45, 2.75) is 30.8 Å². The molecular weight excluding hydrogens is 164 g/mol. The molecule has 0 aromatic carbocycles. The molecular formula is C7H14O3S. The lowest BCUT2D eigenvalue weighted by atomic mass is 10.4. The Morgan fingerprint density at radius 1 is 1.45 bits per heavy atom. The van der Waals surface area contributed by atoms with Crippen molar-refractivity contribution in [3.8, 4) is 0 Å². The molecule has 3 nitrogen and oxygen atoms in total. The van der Waals surface area contributed by atoms with Crippen LogP contribution in [0.1, 0.15) is 20.3 Å². The van der Waals surface area contributed by atoms with Gasteiger partial charge in [0.1, 0.15) is 0 Å². The van der Waals surface area contributed by atoms with Crippen LogP contribution in [0.3, 0.4) is 0 Å². The van der Waals surface area contributed by atoms with Gasteiger partial charge in [-0.1, -0.05) is 0 Å². The smallest absolute Gasteiger partial charge is 0.157 e. The molecule has 0 bridgehead atoms. The van der Waals surface area contributed by atoms with Crippen LogP contribution in [0, 0.1) is 0 Å². The highest BCUT2D eigenvalue weighted by molar-refractivity contribution is 7.92. The fourth-order valence-electron chi connectivity index (χ4n) is 1.16. The summed E-state index contributed by atoms with van der Waals surface area (Å²) in [5.74, 6) is 0. The van der Waals surface area contributed by atoms with Crippen molar-refractivity contribution >= 4 is 9.84 Å². The van der Waals surface area contributed by atoms with E-state index in [2.05, 4.69) is 0 Å². The predicted octanol–water partition coefficient (Wildman–Crippen LogP) is 0.599. The van der Waals surface area contributed by atoms with E-state index in [9.17, 15) is 8.42 Å². The van der Waals surface area contributed by atoms with E-state index in [0.717, 1.165) is 0 Å². The first-order chi connectivity index (χ1) is 5.05. The number of hydrogen-bond acceptors (Lipinski definition) is 3. The minimum atomic E-state index is -2.90. The number of hydrogen-bond donors (Lipinski definition) is 0. The predicted molar refractivity (Wildman–Crippen MR) is 43.3 cm³/mol. The van der Waals surface area contributed by atoms with Crippen LogP contribution < -0.4 is 0 Å². The molecule has 1 aliphatic heterocycles. The molecule has 4 heteroatoms. The summed E-state index contributed by atoms with van der Waals surface area (Å²) in [4.78, 5) is 0. The average molecular weight is 178 g/mol. The highest BCUT2D eigenvalue weighted by atomic mass is 32.2. The molecule has 1 saturated heterocycles. The molecule has 1 aliphatic rings. The second kappa shape index (κ2) is 3.11. The first-order valence-electron chi connectivity index (χ1n) is 3.85. The van der Waals surface area contributed by atoms with Gasteiger partial charge in [0.2, 0.25) is 0 Å². The fraction of sp³-hybridized carbons (Fsp3) is 1.00. The van der Waals surface area contributed by atoms with Crippen LogP contribution in [0.4, 0.5) is 0 Å². The second-order valence-electron chi connectivity index (χ2n) is 3.12. The lowest BCUT2D eigenvalue weighted by Gasteiger charge is -2.12. The first-order valence-corrected chi connectivity index (χ1v) is 5.46. The zero-order chi connectivity index (χ0) is 8.48. The quantitative estimate of drug-likeness (QED) is 0.622. The molecule has 0 amide bonds. The van der Waals surface area contributed by atoms with Gasteiger partial charge in [-0.15, -0.1) is 0 Å². The molecule has 0 spiro atoms. The van der Waals surface area contributed by atoms with E-state index in [1.165, 1.54) is 0 Å². The van der Waals surface area contributed by atoms with Crippen LogP contribution in [0.5, 0.6) is 0 Å². The van der Waals surface area contributed by atoms with Crippen molar-refractivity contribution in [1.82, 2.24) is 0 Å².